The lowest BCUT2D eigenvalue weighted by Crippen LogP contribution is -2.14. The summed E-state index contributed by atoms with van der Waals surface area (Å²) in [6.07, 6.45) is 2.89. The summed E-state index contributed by atoms with van der Waals surface area (Å²) in [5, 5.41) is 2.97. The lowest BCUT2D eigenvalue weighted by molar-refractivity contribution is 0.104. The molecule has 0 heterocycles. The topological polar surface area (TPSA) is 84.5 Å². The molecule has 6 nitrogen and oxygen atoms in total. The molecule has 0 bridgehead atoms. The molecule has 0 fully saturated rings. The van der Waals surface area contributed by atoms with Crippen molar-refractivity contribution < 1.29 is 17.9 Å². The lowest BCUT2D eigenvalue weighted by Gasteiger charge is -2.12. The maximum atomic E-state index is 12.7. The van der Waals surface area contributed by atoms with Gasteiger partial charge in [-0.15, -0.1) is 0 Å². The molecule has 2 N–H and O–H groups in total. The van der Waals surface area contributed by atoms with Crippen LogP contribution in [0.25, 0.3) is 0 Å². The summed E-state index contributed by atoms with van der Waals surface area (Å²) in [7, 11) is -2.27. The first kappa shape index (κ1) is 21.1. The second-order valence-corrected chi connectivity index (χ2v) is 8.22. The van der Waals surface area contributed by atoms with Crippen LogP contribution >= 0.6 is 0 Å². The van der Waals surface area contributed by atoms with E-state index in [1.807, 2.05) is 19.1 Å². The van der Waals surface area contributed by atoms with Crippen molar-refractivity contribution in [3.05, 3.63) is 96.2 Å². The van der Waals surface area contributed by atoms with Crippen LogP contribution in [0.1, 0.15) is 15.9 Å². The van der Waals surface area contributed by atoms with Crippen LogP contribution in [0.15, 0.2) is 90.0 Å². The molecule has 0 atom stereocenters. The molecule has 3 aromatic rings. The molecule has 0 aliphatic carbocycles. The van der Waals surface area contributed by atoms with Gasteiger partial charge in [0.15, 0.2) is 5.78 Å². The van der Waals surface area contributed by atoms with Crippen LogP contribution in [0.5, 0.6) is 5.75 Å². The van der Waals surface area contributed by atoms with Crippen LogP contribution < -0.4 is 14.8 Å². The predicted octanol–water partition coefficient (Wildman–Crippen LogP) is 4.61. The van der Waals surface area contributed by atoms with E-state index in [1.165, 1.54) is 31.5 Å². The number of aryl methyl sites for hydroxylation is 1. The van der Waals surface area contributed by atoms with E-state index < -0.39 is 10.0 Å². The number of carbonyl (C=O) groups is 1. The molecule has 3 rings (SSSR count). The Bertz CT molecular complexity index is 1150. The van der Waals surface area contributed by atoms with Gasteiger partial charge in [-0.1, -0.05) is 42.0 Å². The molecule has 0 aromatic heterocycles. The highest BCUT2D eigenvalue weighted by molar-refractivity contribution is 7.92. The molecule has 0 aliphatic rings. The molecule has 3 aromatic carbocycles. The second-order valence-electron chi connectivity index (χ2n) is 6.53. The Balaban J connectivity index is 1.73. The van der Waals surface area contributed by atoms with Crippen molar-refractivity contribution in [3.8, 4) is 5.75 Å². The van der Waals surface area contributed by atoms with Crippen LogP contribution in [0, 0.1) is 6.92 Å². The summed E-state index contributed by atoms with van der Waals surface area (Å²) in [6.45, 7) is 1.95. The highest BCUT2D eigenvalue weighted by Crippen LogP contribution is 2.25. The van der Waals surface area contributed by atoms with Gasteiger partial charge in [0.2, 0.25) is 0 Å². The fourth-order valence-electron chi connectivity index (χ4n) is 2.68. The van der Waals surface area contributed by atoms with Crippen LogP contribution in [-0.4, -0.2) is 21.3 Å². The van der Waals surface area contributed by atoms with Crippen molar-refractivity contribution in [1.82, 2.24) is 0 Å². The third kappa shape index (κ3) is 5.27. The number of ketones is 1. The third-order valence-corrected chi connectivity index (χ3v) is 5.73. The fraction of sp³-hybridized carbons (Fsp3) is 0.0870. The summed E-state index contributed by atoms with van der Waals surface area (Å²) in [5.41, 5.74) is 2.53. The largest absolute Gasteiger partial charge is 0.497 e. The minimum Gasteiger partial charge on any atom is -0.497 e. The number of rotatable bonds is 8. The highest BCUT2D eigenvalue weighted by atomic mass is 32.2. The van der Waals surface area contributed by atoms with Crippen LogP contribution in [0.3, 0.4) is 0 Å². The van der Waals surface area contributed by atoms with Crippen molar-refractivity contribution in [2.75, 3.05) is 17.1 Å². The van der Waals surface area contributed by atoms with Gasteiger partial charge in [0.25, 0.3) is 10.0 Å². The normalized spacial score (nSPS) is 11.3. The number of benzene rings is 3. The van der Waals surface area contributed by atoms with E-state index in [4.69, 9.17) is 4.74 Å². The highest BCUT2D eigenvalue weighted by Gasteiger charge is 2.15. The molecule has 0 radical (unpaired) electrons. The molecule has 0 unspecified atom stereocenters. The van der Waals surface area contributed by atoms with Gasteiger partial charge >= 0.3 is 0 Å². The zero-order chi connectivity index (χ0) is 21.6. The monoisotopic (exact) mass is 422 g/mol. The first-order chi connectivity index (χ1) is 14.4. The molecule has 0 spiro atoms. The van der Waals surface area contributed by atoms with E-state index in [2.05, 4.69) is 10.0 Å². The predicted molar refractivity (Wildman–Crippen MR) is 119 cm³/mol. The molecule has 30 heavy (non-hydrogen) atoms. The lowest BCUT2D eigenvalue weighted by atomic mass is 10.1. The van der Waals surface area contributed by atoms with Gasteiger partial charge in [-0.25, -0.2) is 8.42 Å². The smallest absolute Gasteiger partial charge is 0.261 e. The molecular formula is C23H22N2O4S. The minimum atomic E-state index is -3.79. The number of para-hydroxylation sites is 2. The Hall–Kier alpha value is -3.58. The van der Waals surface area contributed by atoms with Crippen molar-refractivity contribution in [2.24, 2.45) is 0 Å². The Morgan fingerprint density at radius 1 is 0.900 bits per heavy atom. The standard InChI is InChI=1S/C23H22N2O4S/c1-17-7-9-18(10-8-17)23(26)15-16-24-21-5-3-4-6-22(21)25-30(27,28)20-13-11-19(29-2)12-14-20/h3-16,24-25H,1-2H3. The SMILES string of the molecule is COc1ccc(S(=O)(=O)Nc2ccccc2NC=CC(=O)c2ccc(C)cc2)cc1. The average molecular weight is 423 g/mol. The van der Waals surface area contributed by atoms with Gasteiger partial charge in [-0.2, -0.15) is 0 Å². The number of sulfonamides is 1. The number of methoxy groups -OCH3 is 1. The van der Waals surface area contributed by atoms with E-state index >= 15 is 0 Å². The summed E-state index contributed by atoms with van der Waals surface area (Å²) < 4.78 is 33.0. The van der Waals surface area contributed by atoms with Crippen LogP contribution in [0.2, 0.25) is 0 Å². The van der Waals surface area contributed by atoms with Gasteiger partial charge in [-0.3, -0.25) is 9.52 Å². The molecule has 7 heteroatoms. The van der Waals surface area contributed by atoms with Gasteiger partial charge < -0.3 is 10.1 Å². The van der Waals surface area contributed by atoms with E-state index in [1.54, 1.807) is 48.5 Å². The molecule has 154 valence electrons. The number of ether oxygens (including phenoxy) is 1. The number of nitrogens with one attached hydrogen (secondary N) is 2. The third-order valence-electron chi connectivity index (χ3n) is 4.35. The van der Waals surface area contributed by atoms with Gasteiger partial charge in [-0.05, 0) is 43.3 Å². The first-order valence-electron chi connectivity index (χ1n) is 9.19. The van der Waals surface area contributed by atoms with E-state index in [9.17, 15) is 13.2 Å². The van der Waals surface area contributed by atoms with Crippen molar-refractivity contribution in [1.29, 1.82) is 0 Å². The number of hydrogen-bond acceptors (Lipinski definition) is 5. The van der Waals surface area contributed by atoms with Crippen LogP contribution in [0.4, 0.5) is 11.4 Å². The molecule has 0 saturated heterocycles. The summed E-state index contributed by atoms with van der Waals surface area (Å²) in [4.78, 5) is 12.4. The second kappa shape index (κ2) is 9.28. The molecule has 0 saturated carbocycles. The zero-order valence-electron chi connectivity index (χ0n) is 16.6. The van der Waals surface area contributed by atoms with Crippen molar-refractivity contribution in [2.45, 2.75) is 11.8 Å². The number of allylic oxidation sites excluding steroid dienone is 1. The number of anilines is 2. The minimum absolute atomic E-state index is 0.114. The molecule has 0 amide bonds. The molecular weight excluding hydrogens is 400 g/mol. The summed E-state index contributed by atoms with van der Waals surface area (Å²) >= 11 is 0. The summed E-state index contributed by atoms with van der Waals surface area (Å²) in [6, 6.07) is 20.2. The maximum absolute atomic E-state index is 12.7. The maximum Gasteiger partial charge on any atom is 0.261 e. The Morgan fingerprint density at radius 3 is 2.17 bits per heavy atom. The van der Waals surface area contributed by atoms with E-state index in [-0.39, 0.29) is 10.7 Å². The number of carbonyl (C=O) groups excluding carboxylic acids is 1. The van der Waals surface area contributed by atoms with Gasteiger partial charge in [0.05, 0.1) is 23.4 Å². The van der Waals surface area contributed by atoms with Gasteiger partial charge in [0.1, 0.15) is 5.75 Å². The Morgan fingerprint density at radius 2 is 1.53 bits per heavy atom. The van der Waals surface area contributed by atoms with E-state index in [0.29, 0.717) is 22.7 Å². The first-order valence-corrected chi connectivity index (χ1v) is 10.7. The fourth-order valence-corrected chi connectivity index (χ4v) is 3.76. The van der Waals surface area contributed by atoms with E-state index in [0.717, 1.165) is 5.56 Å². The van der Waals surface area contributed by atoms with Crippen molar-refractivity contribution in [3.63, 3.8) is 0 Å². The Kier molecular flexibility index (Phi) is 6.54. The molecule has 0 aliphatic heterocycles. The van der Waals surface area contributed by atoms with Gasteiger partial charge in [0, 0.05) is 17.8 Å². The van der Waals surface area contributed by atoms with Crippen molar-refractivity contribution >= 4 is 27.2 Å². The number of hydrogen-bond donors (Lipinski definition) is 2. The van der Waals surface area contributed by atoms with Crippen LogP contribution in [-0.2, 0) is 10.0 Å². The Labute approximate surface area is 176 Å². The quantitative estimate of drug-likeness (QED) is 0.409. The zero-order valence-corrected chi connectivity index (χ0v) is 17.4. The average Bonchev–Trinajstić information content (AvgIpc) is 2.75. The summed E-state index contributed by atoms with van der Waals surface area (Å²) in [5.74, 6) is 0.415.